The minimum atomic E-state index is -0.111. The second-order valence-corrected chi connectivity index (χ2v) is 7.21. The Bertz CT molecular complexity index is 782. The molecule has 7 heteroatoms. The molecule has 0 unspecified atom stereocenters. The predicted octanol–water partition coefficient (Wildman–Crippen LogP) is 5.05. The molecule has 0 spiro atoms. The molecule has 0 heterocycles. The van der Waals surface area contributed by atoms with Crippen molar-refractivity contribution in [3.05, 3.63) is 48.5 Å². The number of methoxy groups -OCH3 is 1. The fourth-order valence-electron chi connectivity index (χ4n) is 3.20. The van der Waals surface area contributed by atoms with E-state index in [9.17, 15) is 4.79 Å². The zero-order valence-corrected chi connectivity index (χ0v) is 20.5. The van der Waals surface area contributed by atoms with Crippen molar-refractivity contribution < 1.29 is 19.0 Å². The Hall–Kier alpha value is -2.44. The third kappa shape index (κ3) is 8.60. The van der Waals surface area contributed by atoms with Gasteiger partial charge in [-0.25, -0.2) is 0 Å². The van der Waals surface area contributed by atoms with Crippen LogP contribution in [0.4, 0.5) is 5.69 Å². The van der Waals surface area contributed by atoms with E-state index in [1.807, 2.05) is 48.5 Å². The maximum Gasteiger partial charge on any atom is 0.265 e. The van der Waals surface area contributed by atoms with Gasteiger partial charge in [0, 0.05) is 13.1 Å². The normalized spacial score (nSPS) is 10.4. The monoisotopic (exact) mass is 464 g/mol. The summed E-state index contributed by atoms with van der Waals surface area (Å²) in [5, 5.41) is 0. The van der Waals surface area contributed by atoms with E-state index in [1.54, 1.807) is 12.0 Å². The molecule has 0 bridgehead atoms. The standard InChI is InChI=1S/C25H36N2O4.ClH/c1-5-8-19-30-21-13-15-22(16-14-21)31-20-25(28)27(18-17-26(6-2)7-3)23-11-9-10-12-24(23)29-4;/h9-16H,5-8,17-20H2,1-4H3;1H. The third-order valence-electron chi connectivity index (χ3n) is 5.16. The Kier molecular flexibility index (Phi) is 13.3. The van der Waals surface area contributed by atoms with Crippen LogP contribution in [0.25, 0.3) is 0 Å². The molecule has 2 aromatic rings. The highest BCUT2D eigenvalue weighted by Gasteiger charge is 2.20. The number of hydrogen-bond acceptors (Lipinski definition) is 5. The topological polar surface area (TPSA) is 51.2 Å². The molecule has 2 rings (SSSR count). The molecule has 0 saturated heterocycles. The summed E-state index contributed by atoms with van der Waals surface area (Å²) in [7, 11) is 1.62. The van der Waals surface area contributed by atoms with Crippen molar-refractivity contribution in [1.29, 1.82) is 0 Å². The number of rotatable bonds is 14. The maximum atomic E-state index is 13.1. The van der Waals surface area contributed by atoms with Crippen molar-refractivity contribution in [3.8, 4) is 17.2 Å². The number of anilines is 1. The van der Waals surface area contributed by atoms with E-state index in [0.717, 1.165) is 43.9 Å². The maximum absolute atomic E-state index is 13.1. The first-order valence-corrected chi connectivity index (χ1v) is 11.1. The van der Waals surface area contributed by atoms with Crippen molar-refractivity contribution >= 4 is 24.0 Å². The zero-order chi connectivity index (χ0) is 22.5. The van der Waals surface area contributed by atoms with Gasteiger partial charge in [0.05, 0.1) is 19.4 Å². The minimum absolute atomic E-state index is 0. The van der Waals surface area contributed by atoms with E-state index in [1.165, 1.54) is 0 Å². The van der Waals surface area contributed by atoms with Crippen LogP contribution in [0, 0.1) is 0 Å². The first kappa shape index (κ1) is 27.6. The van der Waals surface area contributed by atoms with Crippen molar-refractivity contribution in [3.63, 3.8) is 0 Å². The van der Waals surface area contributed by atoms with Crippen molar-refractivity contribution in [2.24, 2.45) is 0 Å². The largest absolute Gasteiger partial charge is 0.495 e. The highest BCUT2D eigenvalue weighted by Crippen LogP contribution is 2.28. The van der Waals surface area contributed by atoms with Gasteiger partial charge in [0.15, 0.2) is 6.61 Å². The average Bonchev–Trinajstić information content (AvgIpc) is 2.81. The molecule has 0 aromatic heterocycles. The van der Waals surface area contributed by atoms with Crippen LogP contribution >= 0.6 is 12.4 Å². The quantitative estimate of drug-likeness (QED) is 0.366. The molecule has 6 nitrogen and oxygen atoms in total. The molecule has 0 aliphatic rings. The summed E-state index contributed by atoms with van der Waals surface area (Å²) in [5.41, 5.74) is 0.755. The SMILES string of the molecule is CCCCOc1ccc(OCC(=O)N(CCN(CC)CC)c2ccccc2OC)cc1.Cl. The minimum Gasteiger partial charge on any atom is -0.495 e. The predicted molar refractivity (Wildman–Crippen MR) is 133 cm³/mol. The number of para-hydroxylation sites is 2. The summed E-state index contributed by atoms with van der Waals surface area (Å²) in [5.74, 6) is 2.01. The van der Waals surface area contributed by atoms with Gasteiger partial charge in [-0.15, -0.1) is 12.4 Å². The number of unbranched alkanes of at least 4 members (excludes halogenated alkanes) is 1. The van der Waals surface area contributed by atoms with Gasteiger partial charge in [-0.1, -0.05) is 39.3 Å². The lowest BCUT2D eigenvalue weighted by Gasteiger charge is -2.27. The molecule has 2 aromatic carbocycles. The Labute approximate surface area is 198 Å². The van der Waals surface area contributed by atoms with Crippen LogP contribution in [-0.2, 0) is 4.79 Å². The molecule has 1 amide bonds. The average molecular weight is 465 g/mol. The van der Waals surface area contributed by atoms with Crippen LogP contribution in [-0.4, -0.2) is 57.3 Å². The van der Waals surface area contributed by atoms with Crippen LogP contribution in [0.1, 0.15) is 33.6 Å². The number of carbonyl (C=O) groups excluding carboxylic acids is 1. The molecule has 0 radical (unpaired) electrons. The zero-order valence-electron chi connectivity index (χ0n) is 19.7. The lowest BCUT2D eigenvalue weighted by atomic mass is 10.2. The van der Waals surface area contributed by atoms with Gasteiger partial charge in [0.2, 0.25) is 0 Å². The van der Waals surface area contributed by atoms with E-state index in [2.05, 4.69) is 25.7 Å². The summed E-state index contributed by atoms with van der Waals surface area (Å²) >= 11 is 0. The highest BCUT2D eigenvalue weighted by molar-refractivity contribution is 5.96. The number of nitrogens with zero attached hydrogens (tertiary/aromatic N) is 2. The summed E-state index contributed by atoms with van der Waals surface area (Å²) in [6.07, 6.45) is 2.12. The number of carbonyl (C=O) groups is 1. The molecule has 178 valence electrons. The van der Waals surface area contributed by atoms with Crippen molar-refractivity contribution in [2.45, 2.75) is 33.6 Å². The lowest BCUT2D eigenvalue weighted by molar-refractivity contribution is -0.120. The van der Waals surface area contributed by atoms with Gasteiger partial charge in [-0.05, 0) is 55.9 Å². The molecule has 0 saturated carbocycles. The first-order chi connectivity index (χ1) is 15.1. The Morgan fingerprint density at radius 3 is 2.09 bits per heavy atom. The van der Waals surface area contributed by atoms with E-state index < -0.39 is 0 Å². The lowest BCUT2D eigenvalue weighted by Crippen LogP contribution is -2.41. The summed E-state index contributed by atoms with van der Waals surface area (Å²) in [4.78, 5) is 17.2. The highest BCUT2D eigenvalue weighted by atomic mass is 35.5. The third-order valence-corrected chi connectivity index (χ3v) is 5.16. The van der Waals surface area contributed by atoms with E-state index in [4.69, 9.17) is 14.2 Å². The number of benzene rings is 2. The molecular weight excluding hydrogens is 428 g/mol. The van der Waals surface area contributed by atoms with Gasteiger partial charge >= 0.3 is 0 Å². The van der Waals surface area contributed by atoms with Crippen LogP contribution in [0.15, 0.2) is 48.5 Å². The molecule has 0 N–H and O–H groups in total. The Balaban J connectivity index is 0.00000512. The molecule has 0 atom stereocenters. The van der Waals surface area contributed by atoms with Crippen LogP contribution in [0.3, 0.4) is 0 Å². The second kappa shape index (κ2) is 15.4. The van der Waals surface area contributed by atoms with E-state index in [-0.39, 0.29) is 24.9 Å². The number of hydrogen-bond donors (Lipinski definition) is 0. The summed E-state index contributed by atoms with van der Waals surface area (Å²) < 4.78 is 16.9. The second-order valence-electron chi connectivity index (χ2n) is 7.21. The number of halogens is 1. The summed E-state index contributed by atoms with van der Waals surface area (Å²) in [6.45, 7) is 10.3. The molecule has 32 heavy (non-hydrogen) atoms. The van der Waals surface area contributed by atoms with Crippen molar-refractivity contribution in [1.82, 2.24) is 4.90 Å². The van der Waals surface area contributed by atoms with Gasteiger partial charge in [0.25, 0.3) is 5.91 Å². The number of amides is 1. The van der Waals surface area contributed by atoms with E-state index in [0.29, 0.717) is 24.7 Å². The van der Waals surface area contributed by atoms with Gasteiger partial charge < -0.3 is 24.0 Å². The Morgan fingerprint density at radius 1 is 0.875 bits per heavy atom. The fourth-order valence-corrected chi connectivity index (χ4v) is 3.20. The molecule has 0 fully saturated rings. The van der Waals surface area contributed by atoms with Crippen LogP contribution < -0.4 is 19.1 Å². The Morgan fingerprint density at radius 2 is 1.50 bits per heavy atom. The fraction of sp³-hybridized carbons (Fsp3) is 0.480. The van der Waals surface area contributed by atoms with Gasteiger partial charge in [-0.3, -0.25) is 4.79 Å². The van der Waals surface area contributed by atoms with E-state index >= 15 is 0 Å². The number of ether oxygens (including phenoxy) is 3. The molecule has 0 aliphatic heterocycles. The smallest absolute Gasteiger partial charge is 0.265 e. The molecular formula is C25H37ClN2O4. The first-order valence-electron chi connectivity index (χ1n) is 11.1. The van der Waals surface area contributed by atoms with Crippen LogP contribution in [0.2, 0.25) is 0 Å². The molecule has 0 aliphatic carbocycles. The summed E-state index contributed by atoms with van der Waals surface area (Å²) in [6, 6.07) is 15.0. The van der Waals surface area contributed by atoms with Crippen molar-refractivity contribution in [2.75, 3.05) is 51.4 Å². The number of likely N-dealkylation sites (N-methyl/N-ethyl adjacent to an activating group) is 1. The van der Waals surface area contributed by atoms with Crippen LogP contribution in [0.5, 0.6) is 17.2 Å². The van der Waals surface area contributed by atoms with Gasteiger partial charge in [0.1, 0.15) is 17.2 Å². The van der Waals surface area contributed by atoms with Gasteiger partial charge in [-0.2, -0.15) is 0 Å².